The van der Waals surface area contributed by atoms with E-state index in [-0.39, 0.29) is 17.5 Å². The molecule has 0 saturated carbocycles. The van der Waals surface area contributed by atoms with E-state index in [0.717, 1.165) is 6.42 Å². The summed E-state index contributed by atoms with van der Waals surface area (Å²) in [6, 6.07) is 25.3. The van der Waals surface area contributed by atoms with Crippen molar-refractivity contribution < 1.29 is 9.52 Å². The lowest BCUT2D eigenvalue weighted by molar-refractivity contribution is -0.607. The number of aromatic nitrogens is 1. The molecule has 0 bridgehead atoms. The Morgan fingerprint density at radius 3 is 2.00 bits per heavy atom. The topological polar surface area (TPSA) is 56.0 Å². The van der Waals surface area contributed by atoms with Gasteiger partial charge in [-0.2, -0.15) is 4.73 Å². The normalized spacial score (nSPS) is 10.6. The van der Waals surface area contributed by atoms with Gasteiger partial charge in [0.1, 0.15) is 0 Å². The molecule has 126 valence electrons. The quantitative estimate of drug-likeness (QED) is 0.556. The van der Waals surface area contributed by atoms with Crippen LogP contribution in [0.1, 0.15) is 34.0 Å². The van der Waals surface area contributed by atoms with Crippen LogP contribution in [-0.2, 0) is 0 Å². The van der Waals surface area contributed by atoms with Crippen LogP contribution in [0, 0.1) is 5.21 Å². The zero-order valence-electron chi connectivity index (χ0n) is 13.8. The van der Waals surface area contributed by atoms with Crippen LogP contribution < -0.4 is 10.0 Å². The van der Waals surface area contributed by atoms with Crippen molar-refractivity contribution in [1.82, 2.24) is 5.32 Å². The van der Waals surface area contributed by atoms with Crippen molar-refractivity contribution in [2.24, 2.45) is 0 Å². The average Bonchev–Trinajstić information content (AvgIpc) is 2.67. The molecule has 3 rings (SSSR count). The molecule has 0 unspecified atom stereocenters. The lowest BCUT2D eigenvalue weighted by atomic mass is 9.88. The van der Waals surface area contributed by atoms with E-state index >= 15 is 0 Å². The van der Waals surface area contributed by atoms with Gasteiger partial charge in [0.2, 0.25) is 0 Å². The molecule has 1 aromatic heterocycles. The van der Waals surface area contributed by atoms with Gasteiger partial charge < -0.3 is 10.5 Å². The average molecular weight is 332 g/mol. The van der Waals surface area contributed by atoms with E-state index in [0.29, 0.717) is 11.3 Å². The molecule has 1 amide bonds. The summed E-state index contributed by atoms with van der Waals surface area (Å²) in [7, 11) is 0. The summed E-state index contributed by atoms with van der Waals surface area (Å²) in [5.74, 6) is -0.159. The first-order valence-electron chi connectivity index (χ1n) is 8.32. The minimum Gasteiger partial charge on any atom is -0.618 e. The highest BCUT2D eigenvalue weighted by Gasteiger charge is 2.17. The molecule has 0 atom stereocenters. The maximum atomic E-state index is 12.2. The Bertz CT molecular complexity index is 780. The predicted molar refractivity (Wildman–Crippen MR) is 97.1 cm³/mol. The Balaban J connectivity index is 1.70. The second kappa shape index (κ2) is 8.11. The standard InChI is InChI=1S/C21H20N2O2/c24-21(20-13-7-8-16-23(20)25)22-15-14-19(17-9-3-1-4-10-17)18-11-5-2-6-12-18/h1-13,16,19H,14-15H2,(H,22,24). The summed E-state index contributed by atoms with van der Waals surface area (Å²) in [5, 5.41) is 14.5. The zero-order chi connectivity index (χ0) is 17.5. The lowest BCUT2D eigenvalue weighted by Gasteiger charge is -2.18. The molecule has 2 aromatic carbocycles. The molecule has 4 nitrogen and oxygen atoms in total. The van der Waals surface area contributed by atoms with Crippen LogP contribution in [0.5, 0.6) is 0 Å². The number of hydrogen-bond donors (Lipinski definition) is 1. The third-order valence-electron chi connectivity index (χ3n) is 4.18. The summed E-state index contributed by atoms with van der Waals surface area (Å²) >= 11 is 0. The molecule has 1 N–H and O–H groups in total. The van der Waals surface area contributed by atoms with Gasteiger partial charge in [0, 0.05) is 24.6 Å². The molecule has 0 aliphatic carbocycles. The summed E-state index contributed by atoms with van der Waals surface area (Å²) in [4.78, 5) is 12.2. The van der Waals surface area contributed by atoms with Gasteiger partial charge in [0.15, 0.2) is 6.20 Å². The molecule has 0 aliphatic heterocycles. The van der Waals surface area contributed by atoms with Crippen molar-refractivity contribution in [1.29, 1.82) is 0 Å². The molecule has 0 aliphatic rings. The first kappa shape index (κ1) is 16.7. The highest BCUT2D eigenvalue weighted by Crippen LogP contribution is 2.27. The number of nitrogens with one attached hydrogen (secondary N) is 1. The van der Waals surface area contributed by atoms with Crippen molar-refractivity contribution >= 4 is 5.91 Å². The van der Waals surface area contributed by atoms with Gasteiger partial charge in [-0.3, -0.25) is 4.79 Å². The Kier molecular flexibility index (Phi) is 5.42. The molecule has 4 heteroatoms. The van der Waals surface area contributed by atoms with Crippen LogP contribution in [0.3, 0.4) is 0 Å². The van der Waals surface area contributed by atoms with E-state index < -0.39 is 0 Å². The fourth-order valence-electron chi connectivity index (χ4n) is 2.92. The van der Waals surface area contributed by atoms with Crippen LogP contribution in [0.25, 0.3) is 0 Å². The van der Waals surface area contributed by atoms with Gasteiger partial charge in [-0.1, -0.05) is 60.7 Å². The maximum Gasteiger partial charge on any atom is 0.317 e. The first-order chi connectivity index (χ1) is 12.3. The predicted octanol–water partition coefficient (Wildman–Crippen LogP) is 3.27. The number of rotatable bonds is 6. The molecule has 0 spiro atoms. The van der Waals surface area contributed by atoms with Crippen LogP contribution in [0.2, 0.25) is 0 Å². The molecule has 3 aromatic rings. The van der Waals surface area contributed by atoms with E-state index in [1.807, 2.05) is 36.4 Å². The monoisotopic (exact) mass is 332 g/mol. The number of pyridine rings is 1. The lowest BCUT2D eigenvalue weighted by Crippen LogP contribution is -2.39. The second-order valence-electron chi connectivity index (χ2n) is 5.83. The van der Waals surface area contributed by atoms with E-state index in [2.05, 4.69) is 29.6 Å². The zero-order valence-corrected chi connectivity index (χ0v) is 13.8. The molecule has 0 radical (unpaired) electrons. The minimum absolute atomic E-state index is 0.110. The summed E-state index contributed by atoms with van der Waals surface area (Å²) < 4.78 is 0.585. The van der Waals surface area contributed by atoms with E-state index in [4.69, 9.17) is 0 Å². The van der Waals surface area contributed by atoms with Crippen molar-refractivity contribution in [3.8, 4) is 0 Å². The number of hydrogen-bond acceptors (Lipinski definition) is 2. The third-order valence-corrected chi connectivity index (χ3v) is 4.18. The van der Waals surface area contributed by atoms with Gasteiger partial charge in [0.25, 0.3) is 5.69 Å². The maximum absolute atomic E-state index is 12.2. The number of carbonyl (C=O) groups excluding carboxylic acids is 1. The Hall–Kier alpha value is -3.14. The Labute approximate surface area is 147 Å². The largest absolute Gasteiger partial charge is 0.618 e. The molecular weight excluding hydrogens is 312 g/mol. The number of nitrogens with zero attached hydrogens (tertiary/aromatic N) is 1. The fraction of sp³-hybridized carbons (Fsp3) is 0.143. The molecule has 1 heterocycles. The van der Waals surface area contributed by atoms with Crippen LogP contribution >= 0.6 is 0 Å². The number of carbonyl (C=O) groups is 1. The van der Waals surface area contributed by atoms with E-state index in [9.17, 15) is 10.0 Å². The van der Waals surface area contributed by atoms with Crippen LogP contribution in [0.4, 0.5) is 0 Å². The van der Waals surface area contributed by atoms with Crippen molar-refractivity contribution in [3.63, 3.8) is 0 Å². The smallest absolute Gasteiger partial charge is 0.317 e. The van der Waals surface area contributed by atoms with Gasteiger partial charge in [-0.05, 0) is 23.6 Å². The molecular formula is C21H20N2O2. The summed E-state index contributed by atoms with van der Waals surface area (Å²) in [6.07, 6.45) is 2.08. The van der Waals surface area contributed by atoms with Gasteiger partial charge >= 0.3 is 5.91 Å². The Morgan fingerprint density at radius 1 is 0.880 bits per heavy atom. The highest BCUT2D eigenvalue weighted by molar-refractivity contribution is 5.90. The van der Waals surface area contributed by atoms with E-state index in [1.165, 1.54) is 23.4 Å². The Morgan fingerprint density at radius 2 is 1.44 bits per heavy atom. The number of amides is 1. The van der Waals surface area contributed by atoms with Crippen molar-refractivity contribution in [2.75, 3.05) is 6.54 Å². The molecule has 25 heavy (non-hydrogen) atoms. The fourth-order valence-corrected chi connectivity index (χ4v) is 2.92. The van der Waals surface area contributed by atoms with Gasteiger partial charge in [-0.25, -0.2) is 0 Å². The summed E-state index contributed by atoms with van der Waals surface area (Å²) in [6.45, 7) is 0.488. The van der Waals surface area contributed by atoms with Gasteiger partial charge in [0.05, 0.1) is 0 Å². The highest BCUT2D eigenvalue weighted by atomic mass is 16.5. The second-order valence-corrected chi connectivity index (χ2v) is 5.83. The van der Waals surface area contributed by atoms with Crippen LogP contribution in [0.15, 0.2) is 85.1 Å². The third kappa shape index (κ3) is 4.23. The van der Waals surface area contributed by atoms with Crippen LogP contribution in [-0.4, -0.2) is 12.5 Å². The van der Waals surface area contributed by atoms with Crippen molar-refractivity contribution in [2.45, 2.75) is 12.3 Å². The molecule has 0 fully saturated rings. The number of benzene rings is 2. The summed E-state index contributed by atoms with van der Waals surface area (Å²) in [5.41, 5.74) is 2.53. The SMILES string of the molecule is O=C(NCCC(c1ccccc1)c1ccccc1)c1cccc[n+]1[O-]. The van der Waals surface area contributed by atoms with E-state index in [1.54, 1.807) is 12.1 Å². The van der Waals surface area contributed by atoms with Gasteiger partial charge in [-0.15, -0.1) is 0 Å². The van der Waals surface area contributed by atoms with Crippen molar-refractivity contribution in [3.05, 3.63) is 107 Å². The first-order valence-corrected chi connectivity index (χ1v) is 8.32. The minimum atomic E-state index is -0.351. The molecule has 0 saturated heterocycles.